The van der Waals surface area contributed by atoms with E-state index >= 15 is 0 Å². The Labute approximate surface area is 100 Å². The van der Waals surface area contributed by atoms with Gasteiger partial charge in [0.1, 0.15) is 0 Å². The molecule has 1 aromatic rings. The van der Waals surface area contributed by atoms with E-state index in [1.807, 2.05) is 30.3 Å². The van der Waals surface area contributed by atoms with Crippen molar-refractivity contribution in [3.05, 3.63) is 35.9 Å². The summed E-state index contributed by atoms with van der Waals surface area (Å²) in [5.74, 6) is -0.375. The van der Waals surface area contributed by atoms with Gasteiger partial charge in [0, 0.05) is 11.9 Å². The third-order valence-electron chi connectivity index (χ3n) is 2.14. The van der Waals surface area contributed by atoms with Crippen molar-refractivity contribution in [2.24, 2.45) is 0 Å². The summed E-state index contributed by atoms with van der Waals surface area (Å²) in [6, 6.07) is 9.80. The molecule has 0 aliphatic carbocycles. The summed E-state index contributed by atoms with van der Waals surface area (Å²) >= 11 is 10.5. The molecule has 0 radical (unpaired) electrons. The van der Waals surface area contributed by atoms with E-state index in [2.05, 4.69) is 11.6 Å². The fourth-order valence-electron chi connectivity index (χ4n) is 1.47. The molecule has 1 heterocycles. The Bertz CT molecular complexity index is 271. The molecule has 0 N–H and O–H groups in total. The molecule has 0 aromatic heterocycles. The summed E-state index contributed by atoms with van der Waals surface area (Å²) in [5.41, 5.74) is 0.988. The van der Waals surface area contributed by atoms with E-state index in [1.165, 1.54) is 6.38 Å². The number of benzene rings is 1. The Kier molecular flexibility index (Phi) is 5.40. The molecule has 1 saturated heterocycles. The number of ether oxygens (including phenoxy) is 2. The Morgan fingerprint density at radius 2 is 1.67 bits per heavy atom. The van der Waals surface area contributed by atoms with Crippen molar-refractivity contribution >= 4 is 23.2 Å². The zero-order valence-corrected chi connectivity index (χ0v) is 10.1. The Balaban J connectivity index is 0.000000531. The van der Waals surface area contributed by atoms with Crippen molar-refractivity contribution in [1.29, 1.82) is 0 Å². The van der Waals surface area contributed by atoms with Gasteiger partial charge in [0.05, 0.1) is 19.1 Å². The van der Waals surface area contributed by atoms with Crippen LogP contribution in [0.2, 0.25) is 0 Å². The van der Waals surface area contributed by atoms with E-state index in [9.17, 15) is 0 Å². The maximum Gasteiger partial charge on any atom is 0.208 e. The molecule has 0 atom stereocenters. The lowest BCUT2D eigenvalue weighted by Gasteiger charge is -2.24. The van der Waals surface area contributed by atoms with Gasteiger partial charge in [0.25, 0.3) is 0 Å². The predicted octanol–water partition coefficient (Wildman–Crippen LogP) is 2.98. The van der Waals surface area contributed by atoms with Crippen LogP contribution in [0.15, 0.2) is 30.3 Å². The monoisotopic (exact) mass is 248 g/mol. The molecule has 2 rings (SSSR count). The van der Waals surface area contributed by atoms with E-state index < -0.39 is 5.79 Å². The first-order valence-corrected chi connectivity index (χ1v) is 5.94. The zero-order chi connectivity index (χ0) is 11.1. The first kappa shape index (κ1) is 12.8. The summed E-state index contributed by atoms with van der Waals surface area (Å²) in [6.45, 7) is 1.23. The minimum Gasteiger partial charge on any atom is -0.342 e. The van der Waals surface area contributed by atoms with Gasteiger partial charge in [0.15, 0.2) is 0 Å². The second-order valence-electron chi connectivity index (χ2n) is 2.95. The van der Waals surface area contributed by atoms with Crippen molar-refractivity contribution in [2.75, 3.05) is 25.5 Å². The lowest BCUT2D eigenvalue weighted by molar-refractivity contribution is -0.146. The minimum atomic E-state index is -0.706. The van der Waals surface area contributed by atoms with Gasteiger partial charge < -0.3 is 9.47 Å². The topological polar surface area (TPSA) is 18.5 Å². The van der Waals surface area contributed by atoms with Gasteiger partial charge in [0.2, 0.25) is 5.79 Å². The first-order valence-electron chi connectivity index (χ1n) is 4.65. The molecular weight excluding hydrogens is 235 g/mol. The van der Waals surface area contributed by atoms with Crippen LogP contribution in [0.25, 0.3) is 0 Å². The largest absolute Gasteiger partial charge is 0.342 e. The quantitative estimate of drug-likeness (QED) is 0.750. The second kappa shape index (κ2) is 6.33. The highest BCUT2D eigenvalue weighted by molar-refractivity contribution is 6.18. The standard InChI is InChI=1S/C10H11ClO2.CH3Cl/c11-8-10(12-6-7-13-10)9-4-2-1-3-5-9;1-2/h1-5H,6-8H2;1H3. The summed E-state index contributed by atoms with van der Waals surface area (Å²) in [4.78, 5) is 0. The molecule has 2 nitrogen and oxygen atoms in total. The highest BCUT2D eigenvalue weighted by Gasteiger charge is 2.37. The summed E-state index contributed by atoms with van der Waals surface area (Å²) in [7, 11) is 0. The maximum absolute atomic E-state index is 5.85. The van der Waals surface area contributed by atoms with Gasteiger partial charge in [-0.3, -0.25) is 0 Å². The highest BCUT2D eigenvalue weighted by atomic mass is 35.5. The van der Waals surface area contributed by atoms with E-state index in [0.29, 0.717) is 19.1 Å². The molecule has 84 valence electrons. The number of rotatable bonds is 2. The van der Waals surface area contributed by atoms with Crippen molar-refractivity contribution in [3.8, 4) is 0 Å². The third kappa shape index (κ3) is 2.85. The zero-order valence-electron chi connectivity index (χ0n) is 8.58. The van der Waals surface area contributed by atoms with E-state index in [4.69, 9.17) is 21.1 Å². The lowest BCUT2D eigenvalue weighted by atomic mass is 10.1. The van der Waals surface area contributed by atoms with Crippen LogP contribution in [-0.2, 0) is 15.3 Å². The summed E-state index contributed by atoms with van der Waals surface area (Å²) < 4.78 is 11.0. The predicted molar refractivity (Wildman–Crippen MR) is 62.5 cm³/mol. The lowest BCUT2D eigenvalue weighted by Crippen LogP contribution is -2.28. The molecular formula is C11H14Cl2O2. The third-order valence-corrected chi connectivity index (χ3v) is 2.50. The molecule has 1 aromatic carbocycles. The van der Waals surface area contributed by atoms with Crippen molar-refractivity contribution in [3.63, 3.8) is 0 Å². The van der Waals surface area contributed by atoms with Crippen LogP contribution in [0, 0.1) is 0 Å². The molecule has 0 unspecified atom stereocenters. The molecule has 0 amide bonds. The molecule has 0 spiro atoms. The number of hydrogen-bond donors (Lipinski definition) is 0. The SMILES string of the molecule is CCl.ClCC1(c2ccccc2)OCCO1. The van der Waals surface area contributed by atoms with Crippen molar-refractivity contribution in [1.82, 2.24) is 0 Å². The van der Waals surface area contributed by atoms with Gasteiger partial charge in [-0.05, 0) is 0 Å². The fourth-order valence-corrected chi connectivity index (χ4v) is 1.78. The molecule has 15 heavy (non-hydrogen) atoms. The van der Waals surface area contributed by atoms with Crippen LogP contribution >= 0.6 is 23.2 Å². The normalized spacial score (nSPS) is 18.1. The van der Waals surface area contributed by atoms with Gasteiger partial charge in [-0.25, -0.2) is 0 Å². The molecule has 1 aliphatic rings. The number of hydrogen-bond acceptors (Lipinski definition) is 2. The highest BCUT2D eigenvalue weighted by Crippen LogP contribution is 2.32. The van der Waals surface area contributed by atoms with Gasteiger partial charge >= 0.3 is 0 Å². The van der Waals surface area contributed by atoms with Crippen molar-refractivity contribution < 1.29 is 9.47 Å². The molecule has 1 aliphatic heterocycles. The van der Waals surface area contributed by atoms with Crippen LogP contribution in [0.3, 0.4) is 0 Å². The van der Waals surface area contributed by atoms with Crippen molar-refractivity contribution in [2.45, 2.75) is 5.79 Å². The number of alkyl halides is 2. The van der Waals surface area contributed by atoms with E-state index in [-0.39, 0.29) is 0 Å². The Morgan fingerprint density at radius 3 is 2.13 bits per heavy atom. The van der Waals surface area contributed by atoms with Crippen LogP contribution in [0.5, 0.6) is 0 Å². The van der Waals surface area contributed by atoms with Gasteiger partial charge in [-0.15, -0.1) is 23.2 Å². The van der Waals surface area contributed by atoms with Crippen LogP contribution in [0.1, 0.15) is 5.56 Å². The Hall–Kier alpha value is -0.280. The van der Waals surface area contributed by atoms with Gasteiger partial charge in [-0.2, -0.15) is 0 Å². The summed E-state index contributed by atoms with van der Waals surface area (Å²) in [6.07, 6.45) is 1.47. The second-order valence-corrected chi connectivity index (χ2v) is 3.22. The van der Waals surface area contributed by atoms with Gasteiger partial charge in [-0.1, -0.05) is 30.3 Å². The maximum atomic E-state index is 5.85. The van der Waals surface area contributed by atoms with Crippen LogP contribution < -0.4 is 0 Å². The molecule has 1 fully saturated rings. The Morgan fingerprint density at radius 1 is 1.13 bits per heavy atom. The average molecular weight is 249 g/mol. The molecule has 0 bridgehead atoms. The van der Waals surface area contributed by atoms with Crippen LogP contribution in [0.4, 0.5) is 0 Å². The molecule has 4 heteroatoms. The fraction of sp³-hybridized carbons (Fsp3) is 0.455. The average Bonchev–Trinajstić information content (AvgIpc) is 2.83. The first-order chi connectivity index (χ1) is 7.37. The summed E-state index contributed by atoms with van der Waals surface area (Å²) in [5, 5.41) is 0. The number of halogens is 2. The van der Waals surface area contributed by atoms with E-state index in [1.54, 1.807) is 0 Å². The smallest absolute Gasteiger partial charge is 0.208 e. The van der Waals surface area contributed by atoms with E-state index in [0.717, 1.165) is 5.56 Å². The molecule has 0 saturated carbocycles. The minimum absolute atomic E-state index is 0.330. The van der Waals surface area contributed by atoms with Crippen LogP contribution in [-0.4, -0.2) is 25.5 Å².